The number of ether oxygens (including phenoxy) is 3. The summed E-state index contributed by atoms with van der Waals surface area (Å²) in [6.07, 6.45) is 2.82. The second-order valence-electron chi connectivity index (χ2n) is 4.20. The fraction of sp³-hybridized carbons (Fsp3) is 0.750. The van der Waals surface area contributed by atoms with Crippen molar-refractivity contribution >= 4 is 0 Å². The molecule has 0 radical (unpaired) electrons. The van der Waals surface area contributed by atoms with E-state index in [4.69, 9.17) is 24.4 Å². The van der Waals surface area contributed by atoms with Crippen molar-refractivity contribution in [2.24, 2.45) is 0 Å². The van der Waals surface area contributed by atoms with Gasteiger partial charge in [0.25, 0.3) is 0 Å². The summed E-state index contributed by atoms with van der Waals surface area (Å²) in [6.45, 7) is 0.167. The first-order valence-corrected chi connectivity index (χ1v) is 7.12. The Hall–Kier alpha value is -1.08. The number of aliphatic hydroxyl groups is 2. The highest BCUT2D eigenvalue weighted by molar-refractivity contribution is 4.99. The molecule has 0 aliphatic carbocycles. The van der Waals surface area contributed by atoms with E-state index in [2.05, 4.69) is 23.7 Å². The smallest absolute Gasteiger partial charge is 0.161 e. The molecule has 0 aliphatic heterocycles. The molecule has 0 rings (SSSR count). The minimum Gasteiger partial charge on any atom is -0.395 e. The molecule has 21 heavy (non-hydrogen) atoms. The van der Waals surface area contributed by atoms with Crippen LogP contribution in [-0.4, -0.2) is 50.2 Å². The summed E-state index contributed by atoms with van der Waals surface area (Å²) in [6, 6.07) is 0. The molecule has 2 N–H and O–H groups in total. The van der Waals surface area contributed by atoms with E-state index in [0.29, 0.717) is 38.5 Å². The van der Waals surface area contributed by atoms with Gasteiger partial charge in [0.1, 0.15) is 0 Å². The fourth-order valence-corrected chi connectivity index (χ4v) is 1.50. The van der Waals surface area contributed by atoms with Crippen LogP contribution in [0.15, 0.2) is 0 Å². The number of hydrogen-bond acceptors (Lipinski definition) is 5. The molecule has 0 heterocycles. The van der Waals surface area contributed by atoms with Crippen molar-refractivity contribution in [1.29, 1.82) is 0 Å². The van der Waals surface area contributed by atoms with E-state index in [1.54, 1.807) is 14.2 Å². The summed E-state index contributed by atoms with van der Waals surface area (Å²) >= 11 is 0. The van der Waals surface area contributed by atoms with Crippen molar-refractivity contribution in [3.05, 3.63) is 0 Å². The largest absolute Gasteiger partial charge is 0.395 e. The van der Waals surface area contributed by atoms with Crippen molar-refractivity contribution in [3.63, 3.8) is 0 Å². The molecule has 2 atom stereocenters. The maximum Gasteiger partial charge on any atom is 0.161 e. The van der Waals surface area contributed by atoms with Crippen LogP contribution in [0, 0.1) is 23.7 Å². The molecule has 0 saturated heterocycles. The molecule has 0 aromatic heterocycles. The molecule has 0 amide bonds. The molecule has 5 heteroatoms. The Morgan fingerprint density at radius 3 is 1.43 bits per heavy atom. The first kappa shape index (κ1) is 19.9. The molecule has 0 fully saturated rings. The lowest BCUT2D eigenvalue weighted by Gasteiger charge is -2.21. The predicted molar refractivity (Wildman–Crippen MR) is 80.1 cm³/mol. The minimum atomic E-state index is -0.372. The first-order chi connectivity index (χ1) is 10.3. The van der Waals surface area contributed by atoms with Gasteiger partial charge in [0.05, 0.1) is 13.2 Å². The Bertz CT molecular complexity index is 313. The van der Waals surface area contributed by atoms with Gasteiger partial charge in [0, 0.05) is 52.7 Å². The zero-order valence-electron chi connectivity index (χ0n) is 12.9. The Labute approximate surface area is 127 Å². The topological polar surface area (TPSA) is 68.2 Å². The van der Waals surface area contributed by atoms with E-state index < -0.39 is 0 Å². The summed E-state index contributed by atoms with van der Waals surface area (Å²) < 4.78 is 16.2. The maximum atomic E-state index is 8.61. The lowest BCUT2D eigenvalue weighted by molar-refractivity contribution is -0.232. The zero-order valence-corrected chi connectivity index (χ0v) is 12.9. The van der Waals surface area contributed by atoms with Crippen LogP contribution in [0.4, 0.5) is 0 Å². The van der Waals surface area contributed by atoms with Crippen LogP contribution >= 0.6 is 0 Å². The van der Waals surface area contributed by atoms with Crippen LogP contribution in [0.2, 0.25) is 0 Å². The first-order valence-electron chi connectivity index (χ1n) is 7.12. The average Bonchev–Trinajstić information content (AvgIpc) is 2.51. The van der Waals surface area contributed by atoms with Crippen molar-refractivity contribution in [1.82, 2.24) is 0 Å². The quantitative estimate of drug-likeness (QED) is 0.470. The third-order valence-corrected chi connectivity index (χ3v) is 2.56. The van der Waals surface area contributed by atoms with E-state index in [-0.39, 0.29) is 25.8 Å². The van der Waals surface area contributed by atoms with Gasteiger partial charge >= 0.3 is 0 Å². The van der Waals surface area contributed by atoms with Gasteiger partial charge in [0.2, 0.25) is 0 Å². The van der Waals surface area contributed by atoms with Crippen molar-refractivity contribution in [3.8, 4) is 23.7 Å². The van der Waals surface area contributed by atoms with Gasteiger partial charge in [0.15, 0.2) is 12.6 Å². The number of methoxy groups -OCH3 is 2. The second-order valence-corrected chi connectivity index (χ2v) is 4.20. The average molecular weight is 298 g/mol. The van der Waals surface area contributed by atoms with Gasteiger partial charge in [-0.3, -0.25) is 0 Å². The minimum absolute atomic E-state index is 0.0836. The molecule has 0 aliphatic rings. The highest BCUT2D eigenvalue weighted by Gasteiger charge is 2.14. The zero-order chi connectivity index (χ0) is 15.8. The van der Waals surface area contributed by atoms with Crippen LogP contribution in [0.1, 0.15) is 38.5 Å². The monoisotopic (exact) mass is 298 g/mol. The Kier molecular flexibility index (Phi) is 14.5. The predicted octanol–water partition coefficient (Wildman–Crippen LogP) is 1.28. The molecular formula is C16H26O5. The molecule has 2 unspecified atom stereocenters. The summed E-state index contributed by atoms with van der Waals surface area (Å²) in [7, 11) is 3.17. The highest BCUT2D eigenvalue weighted by Crippen LogP contribution is 2.11. The van der Waals surface area contributed by atoms with Crippen LogP contribution in [0.3, 0.4) is 0 Å². The van der Waals surface area contributed by atoms with Gasteiger partial charge < -0.3 is 24.4 Å². The SMILES string of the molecule is COC(CCC#CCCO)OC(CCC#CCCO)OC. The van der Waals surface area contributed by atoms with Crippen LogP contribution < -0.4 is 0 Å². The molecule has 0 aromatic rings. The number of rotatable bonds is 10. The highest BCUT2D eigenvalue weighted by atomic mass is 16.8. The molecule has 0 saturated carbocycles. The van der Waals surface area contributed by atoms with Crippen molar-refractivity contribution in [2.45, 2.75) is 51.1 Å². The number of aliphatic hydroxyl groups excluding tert-OH is 2. The normalized spacial score (nSPS) is 12.8. The number of hydrogen-bond donors (Lipinski definition) is 2. The molecule has 0 spiro atoms. The molecule has 0 aromatic carbocycles. The lowest BCUT2D eigenvalue weighted by Crippen LogP contribution is -2.25. The van der Waals surface area contributed by atoms with E-state index in [0.717, 1.165) is 0 Å². The molecule has 0 bridgehead atoms. The van der Waals surface area contributed by atoms with E-state index in [1.807, 2.05) is 0 Å². The van der Waals surface area contributed by atoms with Crippen LogP contribution in [0.5, 0.6) is 0 Å². The maximum absolute atomic E-state index is 8.61. The summed E-state index contributed by atoms with van der Waals surface area (Å²) in [5, 5.41) is 17.2. The summed E-state index contributed by atoms with van der Waals surface area (Å²) in [5.41, 5.74) is 0. The summed E-state index contributed by atoms with van der Waals surface area (Å²) in [5.74, 6) is 11.6. The van der Waals surface area contributed by atoms with E-state index in [9.17, 15) is 0 Å². The van der Waals surface area contributed by atoms with Gasteiger partial charge in [-0.15, -0.1) is 23.7 Å². The second kappa shape index (κ2) is 15.3. The third-order valence-electron chi connectivity index (χ3n) is 2.56. The Balaban J connectivity index is 4.00. The lowest BCUT2D eigenvalue weighted by atomic mass is 10.2. The molecule has 5 nitrogen and oxygen atoms in total. The van der Waals surface area contributed by atoms with Gasteiger partial charge in [-0.1, -0.05) is 0 Å². The van der Waals surface area contributed by atoms with Gasteiger partial charge in [-0.05, 0) is 0 Å². The Morgan fingerprint density at radius 2 is 1.10 bits per heavy atom. The van der Waals surface area contributed by atoms with Gasteiger partial charge in [-0.2, -0.15) is 0 Å². The molecule has 120 valence electrons. The third kappa shape index (κ3) is 12.4. The molecular weight excluding hydrogens is 272 g/mol. The van der Waals surface area contributed by atoms with Crippen LogP contribution in [-0.2, 0) is 14.2 Å². The summed E-state index contributed by atoms with van der Waals surface area (Å²) in [4.78, 5) is 0. The van der Waals surface area contributed by atoms with Gasteiger partial charge in [-0.25, -0.2) is 0 Å². The van der Waals surface area contributed by atoms with E-state index in [1.165, 1.54) is 0 Å². The van der Waals surface area contributed by atoms with Crippen molar-refractivity contribution in [2.75, 3.05) is 27.4 Å². The van der Waals surface area contributed by atoms with Crippen molar-refractivity contribution < 1.29 is 24.4 Å². The fourth-order valence-electron chi connectivity index (χ4n) is 1.50. The van der Waals surface area contributed by atoms with E-state index >= 15 is 0 Å². The standard InChI is InChI=1S/C16H26O5/c1-19-15(11-7-3-5-9-13-17)21-16(20-2)12-8-4-6-10-14-18/h15-18H,7-14H2,1-2H3. The Morgan fingerprint density at radius 1 is 0.714 bits per heavy atom. The van der Waals surface area contributed by atoms with Crippen LogP contribution in [0.25, 0.3) is 0 Å².